The summed E-state index contributed by atoms with van der Waals surface area (Å²) in [5, 5.41) is 2.58. The Balaban J connectivity index is 1.63. The SMILES string of the molecule is CC(C)c1ccc(OCC(=O)OCC(=O)NCCc2ccccc2F)cc1. The number of hydrogen-bond acceptors (Lipinski definition) is 4. The highest BCUT2D eigenvalue weighted by Gasteiger charge is 2.09. The minimum atomic E-state index is -0.632. The average molecular weight is 373 g/mol. The van der Waals surface area contributed by atoms with Crippen LogP contribution in [0.5, 0.6) is 5.75 Å². The van der Waals surface area contributed by atoms with E-state index in [1.807, 2.05) is 12.1 Å². The second-order valence-corrected chi connectivity index (χ2v) is 6.36. The maximum atomic E-state index is 13.5. The number of carbonyl (C=O) groups is 2. The first-order chi connectivity index (χ1) is 13.0. The minimum absolute atomic E-state index is 0.260. The molecule has 0 unspecified atom stereocenters. The van der Waals surface area contributed by atoms with Gasteiger partial charge in [0.2, 0.25) is 0 Å². The predicted molar refractivity (Wildman–Crippen MR) is 100 cm³/mol. The van der Waals surface area contributed by atoms with Crippen LogP contribution in [0, 0.1) is 5.82 Å². The molecule has 0 heterocycles. The quantitative estimate of drug-likeness (QED) is 0.686. The fourth-order valence-corrected chi connectivity index (χ4v) is 2.37. The van der Waals surface area contributed by atoms with Crippen molar-refractivity contribution >= 4 is 11.9 Å². The average Bonchev–Trinajstić information content (AvgIpc) is 2.66. The first-order valence-electron chi connectivity index (χ1n) is 8.84. The van der Waals surface area contributed by atoms with Gasteiger partial charge in [-0.3, -0.25) is 4.79 Å². The van der Waals surface area contributed by atoms with E-state index in [4.69, 9.17) is 9.47 Å². The molecule has 0 atom stereocenters. The maximum absolute atomic E-state index is 13.5. The molecule has 1 N–H and O–H groups in total. The highest BCUT2D eigenvalue weighted by molar-refractivity contribution is 5.80. The molecule has 0 radical (unpaired) electrons. The van der Waals surface area contributed by atoms with Gasteiger partial charge in [-0.25, -0.2) is 9.18 Å². The number of amides is 1. The van der Waals surface area contributed by atoms with Crippen molar-refractivity contribution in [3.8, 4) is 5.75 Å². The largest absolute Gasteiger partial charge is 0.482 e. The first-order valence-corrected chi connectivity index (χ1v) is 8.84. The van der Waals surface area contributed by atoms with E-state index in [1.54, 1.807) is 30.3 Å². The molecule has 0 aliphatic heterocycles. The number of ether oxygens (including phenoxy) is 2. The summed E-state index contributed by atoms with van der Waals surface area (Å²) >= 11 is 0. The standard InChI is InChI=1S/C21H24FNO4/c1-15(2)16-7-9-18(10-8-16)26-14-21(25)27-13-20(24)23-12-11-17-5-3-4-6-19(17)22/h3-10,15H,11-14H2,1-2H3,(H,23,24). The minimum Gasteiger partial charge on any atom is -0.482 e. The van der Waals surface area contributed by atoms with E-state index >= 15 is 0 Å². The zero-order valence-corrected chi connectivity index (χ0v) is 15.5. The van der Waals surface area contributed by atoms with Gasteiger partial charge in [-0.1, -0.05) is 44.2 Å². The monoisotopic (exact) mass is 373 g/mol. The van der Waals surface area contributed by atoms with E-state index in [0.29, 0.717) is 23.7 Å². The molecule has 2 aromatic carbocycles. The molecule has 1 amide bonds. The van der Waals surface area contributed by atoms with Gasteiger partial charge in [-0.05, 0) is 41.7 Å². The summed E-state index contributed by atoms with van der Waals surface area (Å²) in [5.41, 5.74) is 1.70. The van der Waals surface area contributed by atoms with Gasteiger partial charge in [0.1, 0.15) is 11.6 Å². The predicted octanol–water partition coefficient (Wildman–Crippen LogP) is 3.23. The lowest BCUT2D eigenvalue weighted by molar-refractivity contribution is -0.150. The maximum Gasteiger partial charge on any atom is 0.344 e. The van der Waals surface area contributed by atoms with Crippen LogP contribution in [-0.2, 0) is 20.7 Å². The van der Waals surface area contributed by atoms with Gasteiger partial charge in [0, 0.05) is 6.54 Å². The summed E-state index contributed by atoms with van der Waals surface area (Å²) in [5.74, 6) is -0.406. The van der Waals surface area contributed by atoms with E-state index in [1.165, 1.54) is 11.6 Å². The second-order valence-electron chi connectivity index (χ2n) is 6.36. The lowest BCUT2D eigenvalue weighted by Crippen LogP contribution is -2.31. The van der Waals surface area contributed by atoms with Gasteiger partial charge in [0.05, 0.1) is 0 Å². The molecule has 0 saturated heterocycles. The summed E-state index contributed by atoms with van der Waals surface area (Å²) < 4.78 is 23.7. The lowest BCUT2D eigenvalue weighted by Gasteiger charge is -2.09. The number of hydrogen-bond donors (Lipinski definition) is 1. The molecule has 144 valence electrons. The van der Waals surface area contributed by atoms with Crippen molar-refractivity contribution in [1.29, 1.82) is 0 Å². The fraction of sp³-hybridized carbons (Fsp3) is 0.333. The Morgan fingerprint density at radius 1 is 1.04 bits per heavy atom. The third kappa shape index (κ3) is 7.09. The van der Waals surface area contributed by atoms with Crippen LogP contribution in [0.1, 0.15) is 30.9 Å². The van der Waals surface area contributed by atoms with Gasteiger partial charge < -0.3 is 14.8 Å². The van der Waals surface area contributed by atoms with E-state index in [0.717, 1.165) is 0 Å². The number of halogens is 1. The van der Waals surface area contributed by atoms with Crippen molar-refractivity contribution in [2.75, 3.05) is 19.8 Å². The van der Waals surface area contributed by atoms with Gasteiger partial charge in [0.15, 0.2) is 13.2 Å². The first kappa shape index (κ1) is 20.4. The third-order valence-corrected chi connectivity index (χ3v) is 3.94. The highest BCUT2D eigenvalue weighted by atomic mass is 19.1. The third-order valence-electron chi connectivity index (χ3n) is 3.94. The number of benzene rings is 2. The van der Waals surface area contributed by atoms with Crippen LogP contribution in [-0.4, -0.2) is 31.6 Å². The molecule has 2 aromatic rings. The van der Waals surface area contributed by atoms with Crippen molar-refractivity contribution < 1.29 is 23.5 Å². The topological polar surface area (TPSA) is 64.6 Å². The van der Waals surface area contributed by atoms with E-state index in [2.05, 4.69) is 19.2 Å². The van der Waals surface area contributed by atoms with Crippen LogP contribution in [0.25, 0.3) is 0 Å². The number of esters is 1. The zero-order chi connectivity index (χ0) is 19.6. The molecule has 2 rings (SSSR count). The zero-order valence-electron chi connectivity index (χ0n) is 15.5. The molecular formula is C21H24FNO4. The van der Waals surface area contributed by atoms with Crippen LogP contribution in [0.15, 0.2) is 48.5 Å². The second kappa shape index (κ2) is 10.3. The molecule has 0 spiro atoms. The smallest absolute Gasteiger partial charge is 0.344 e. The Bertz CT molecular complexity index is 759. The highest BCUT2D eigenvalue weighted by Crippen LogP contribution is 2.18. The Morgan fingerprint density at radius 2 is 1.74 bits per heavy atom. The molecule has 0 aliphatic carbocycles. The van der Waals surface area contributed by atoms with Gasteiger partial charge in [-0.15, -0.1) is 0 Å². The molecule has 0 aromatic heterocycles. The van der Waals surface area contributed by atoms with Gasteiger partial charge in [-0.2, -0.15) is 0 Å². The summed E-state index contributed by atoms with van der Waals surface area (Å²) in [4.78, 5) is 23.3. The molecular weight excluding hydrogens is 349 g/mol. The normalized spacial score (nSPS) is 10.5. The van der Waals surface area contributed by atoms with Crippen LogP contribution < -0.4 is 10.1 Å². The van der Waals surface area contributed by atoms with Crippen LogP contribution >= 0.6 is 0 Å². The summed E-state index contributed by atoms with van der Waals surface area (Å²) in [7, 11) is 0. The van der Waals surface area contributed by atoms with Crippen molar-refractivity contribution in [2.24, 2.45) is 0 Å². The molecule has 6 heteroatoms. The Labute approximate surface area is 158 Å². The van der Waals surface area contributed by atoms with Crippen molar-refractivity contribution in [2.45, 2.75) is 26.2 Å². The molecule has 27 heavy (non-hydrogen) atoms. The Kier molecular flexibility index (Phi) is 7.79. The van der Waals surface area contributed by atoms with Crippen molar-refractivity contribution in [1.82, 2.24) is 5.32 Å². The van der Waals surface area contributed by atoms with Crippen molar-refractivity contribution in [3.05, 3.63) is 65.5 Å². The van der Waals surface area contributed by atoms with Crippen LogP contribution in [0.2, 0.25) is 0 Å². The van der Waals surface area contributed by atoms with E-state index in [-0.39, 0.29) is 19.0 Å². The number of carbonyl (C=O) groups excluding carboxylic acids is 2. The van der Waals surface area contributed by atoms with Gasteiger partial charge >= 0.3 is 5.97 Å². The van der Waals surface area contributed by atoms with Gasteiger partial charge in [0.25, 0.3) is 5.91 Å². The summed E-state index contributed by atoms with van der Waals surface area (Å²) in [6.07, 6.45) is 0.363. The van der Waals surface area contributed by atoms with E-state index < -0.39 is 18.5 Å². The van der Waals surface area contributed by atoms with Crippen LogP contribution in [0.4, 0.5) is 4.39 Å². The summed E-state index contributed by atoms with van der Waals surface area (Å²) in [6, 6.07) is 13.8. The fourth-order valence-electron chi connectivity index (χ4n) is 2.37. The Hall–Kier alpha value is -2.89. The van der Waals surface area contributed by atoms with Crippen molar-refractivity contribution in [3.63, 3.8) is 0 Å². The molecule has 0 aliphatic rings. The molecule has 0 fully saturated rings. The van der Waals surface area contributed by atoms with Crippen LogP contribution in [0.3, 0.4) is 0 Å². The molecule has 0 saturated carbocycles. The molecule has 5 nitrogen and oxygen atoms in total. The van der Waals surface area contributed by atoms with E-state index in [9.17, 15) is 14.0 Å². The lowest BCUT2D eigenvalue weighted by atomic mass is 10.0. The number of rotatable bonds is 9. The number of nitrogens with one attached hydrogen (secondary N) is 1. The molecule has 0 bridgehead atoms. The summed E-state index contributed by atoms with van der Waals surface area (Å²) in [6.45, 7) is 3.77. The Morgan fingerprint density at radius 3 is 2.41 bits per heavy atom.